The number of likely N-dealkylation sites (tertiary alicyclic amines) is 1. The highest BCUT2D eigenvalue weighted by atomic mass is 16.3. The monoisotopic (exact) mass is 287 g/mol. The van der Waals surface area contributed by atoms with Crippen LogP contribution in [0.2, 0.25) is 0 Å². The summed E-state index contributed by atoms with van der Waals surface area (Å²) in [6.45, 7) is 3.05. The molecule has 1 aliphatic rings. The molecule has 1 aliphatic heterocycles. The number of amides is 1. The van der Waals surface area contributed by atoms with E-state index in [0.29, 0.717) is 18.8 Å². The molecule has 4 nitrogen and oxygen atoms in total. The van der Waals surface area contributed by atoms with Crippen LogP contribution in [0.1, 0.15) is 43.7 Å². The Kier molecular flexibility index (Phi) is 4.13. The molecule has 2 aromatic heterocycles. The summed E-state index contributed by atoms with van der Waals surface area (Å²) in [5.41, 5.74) is 0. The van der Waals surface area contributed by atoms with E-state index in [0.717, 1.165) is 30.9 Å². The van der Waals surface area contributed by atoms with Crippen molar-refractivity contribution in [1.82, 2.24) is 4.90 Å². The van der Waals surface area contributed by atoms with Crippen molar-refractivity contribution in [1.29, 1.82) is 0 Å². The van der Waals surface area contributed by atoms with Crippen molar-refractivity contribution in [3.8, 4) is 0 Å². The number of carbonyl (C=O) groups is 1. The molecule has 3 heterocycles. The lowest BCUT2D eigenvalue weighted by Gasteiger charge is -2.37. The van der Waals surface area contributed by atoms with Crippen LogP contribution in [0.5, 0.6) is 0 Å². The van der Waals surface area contributed by atoms with Crippen molar-refractivity contribution in [2.45, 2.75) is 38.6 Å². The van der Waals surface area contributed by atoms with Crippen molar-refractivity contribution in [2.24, 2.45) is 5.92 Å². The maximum absolute atomic E-state index is 12.5. The predicted octanol–water partition coefficient (Wildman–Crippen LogP) is 3.81. The van der Waals surface area contributed by atoms with Crippen LogP contribution in [0.3, 0.4) is 0 Å². The van der Waals surface area contributed by atoms with Crippen molar-refractivity contribution in [3.05, 3.63) is 48.3 Å². The average molecular weight is 287 g/mol. The number of rotatable bonds is 4. The largest absolute Gasteiger partial charge is 0.469 e. The second-order valence-corrected chi connectivity index (χ2v) is 5.83. The molecular formula is C17H21NO3. The molecule has 0 spiro atoms. The average Bonchev–Trinajstić information content (AvgIpc) is 3.18. The van der Waals surface area contributed by atoms with E-state index < -0.39 is 0 Å². The molecular weight excluding hydrogens is 266 g/mol. The Hall–Kier alpha value is -1.97. The molecule has 0 saturated carbocycles. The van der Waals surface area contributed by atoms with Gasteiger partial charge in [-0.2, -0.15) is 0 Å². The van der Waals surface area contributed by atoms with Gasteiger partial charge in [-0.15, -0.1) is 0 Å². The van der Waals surface area contributed by atoms with E-state index in [9.17, 15) is 4.79 Å². The lowest BCUT2D eigenvalue weighted by Crippen LogP contribution is -2.40. The Morgan fingerprint density at radius 2 is 2.10 bits per heavy atom. The molecule has 0 aromatic carbocycles. The number of hydrogen-bond acceptors (Lipinski definition) is 3. The van der Waals surface area contributed by atoms with Crippen LogP contribution in [-0.4, -0.2) is 17.4 Å². The van der Waals surface area contributed by atoms with Crippen molar-refractivity contribution >= 4 is 5.91 Å². The standard InChI is InChI=1S/C17H21NO3/c1-13-8-9-18(15(12-13)16-5-3-11-21-16)17(19)7-6-14-4-2-10-20-14/h2-5,10-11,13,15H,6-9,12H2,1H3/t13-,15-/m0/s1. The minimum atomic E-state index is 0.0767. The number of nitrogens with zero attached hydrogens (tertiary/aromatic N) is 1. The van der Waals surface area contributed by atoms with E-state index in [2.05, 4.69) is 6.92 Å². The molecule has 0 N–H and O–H groups in total. The number of carbonyl (C=O) groups excluding carboxylic acids is 1. The first kappa shape index (κ1) is 14.0. The minimum Gasteiger partial charge on any atom is -0.469 e. The van der Waals surface area contributed by atoms with E-state index in [1.165, 1.54) is 0 Å². The highest BCUT2D eigenvalue weighted by Gasteiger charge is 2.32. The van der Waals surface area contributed by atoms with E-state index in [4.69, 9.17) is 8.83 Å². The van der Waals surface area contributed by atoms with Crippen LogP contribution >= 0.6 is 0 Å². The first-order chi connectivity index (χ1) is 10.2. The van der Waals surface area contributed by atoms with Gasteiger partial charge < -0.3 is 13.7 Å². The Bertz CT molecular complexity index is 559. The van der Waals surface area contributed by atoms with Crippen molar-refractivity contribution < 1.29 is 13.6 Å². The van der Waals surface area contributed by atoms with Crippen molar-refractivity contribution in [2.75, 3.05) is 6.54 Å². The Morgan fingerprint density at radius 3 is 2.81 bits per heavy atom. The van der Waals surface area contributed by atoms with Crippen LogP contribution in [0.25, 0.3) is 0 Å². The molecule has 2 aromatic rings. The molecule has 3 rings (SSSR count). The maximum atomic E-state index is 12.5. The van der Waals surface area contributed by atoms with Gasteiger partial charge in [0.2, 0.25) is 5.91 Å². The van der Waals surface area contributed by atoms with Crippen LogP contribution in [0, 0.1) is 5.92 Å². The second-order valence-electron chi connectivity index (χ2n) is 5.83. The molecule has 112 valence electrons. The lowest BCUT2D eigenvalue weighted by molar-refractivity contribution is -0.136. The fourth-order valence-electron chi connectivity index (χ4n) is 3.02. The second kappa shape index (κ2) is 6.20. The topological polar surface area (TPSA) is 46.6 Å². The zero-order chi connectivity index (χ0) is 14.7. The lowest BCUT2D eigenvalue weighted by atomic mass is 9.90. The molecule has 1 amide bonds. The molecule has 2 atom stereocenters. The summed E-state index contributed by atoms with van der Waals surface area (Å²) in [6, 6.07) is 7.70. The summed E-state index contributed by atoms with van der Waals surface area (Å²) in [4.78, 5) is 14.5. The Labute approximate surface area is 124 Å². The molecule has 1 fully saturated rings. The summed E-state index contributed by atoms with van der Waals surface area (Å²) in [5, 5.41) is 0. The van der Waals surface area contributed by atoms with E-state index in [-0.39, 0.29) is 11.9 Å². The number of aryl methyl sites for hydroxylation is 1. The van der Waals surface area contributed by atoms with Gasteiger partial charge in [-0.1, -0.05) is 6.92 Å². The van der Waals surface area contributed by atoms with E-state index in [1.54, 1.807) is 12.5 Å². The Balaban J connectivity index is 1.67. The van der Waals surface area contributed by atoms with Crippen LogP contribution < -0.4 is 0 Å². The number of furan rings is 2. The first-order valence-corrected chi connectivity index (χ1v) is 7.59. The summed E-state index contributed by atoms with van der Waals surface area (Å²) in [5.74, 6) is 2.56. The van der Waals surface area contributed by atoms with Crippen LogP contribution in [-0.2, 0) is 11.2 Å². The SMILES string of the molecule is C[C@H]1CCN(C(=O)CCc2ccco2)[C@H](c2ccco2)C1. The van der Waals surface area contributed by atoms with Gasteiger partial charge in [-0.3, -0.25) is 4.79 Å². The first-order valence-electron chi connectivity index (χ1n) is 7.59. The van der Waals surface area contributed by atoms with Crippen LogP contribution in [0.15, 0.2) is 45.6 Å². The molecule has 0 bridgehead atoms. The van der Waals surface area contributed by atoms with Gasteiger partial charge in [-0.25, -0.2) is 0 Å². The quantitative estimate of drug-likeness (QED) is 0.859. The molecule has 0 radical (unpaired) electrons. The number of piperidine rings is 1. The predicted molar refractivity (Wildman–Crippen MR) is 78.6 cm³/mol. The normalized spacial score (nSPS) is 22.4. The summed E-state index contributed by atoms with van der Waals surface area (Å²) in [6.07, 6.45) is 6.50. The summed E-state index contributed by atoms with van der Waals surface area (Å²) < 4.78 is 10.8. The van der Waals surface area contributed by atoms with Gasteiger partial charge in [-0.05, 0) is 43.0 Å². The van der Waals surface area contributed by atoms with E-state index >= 15 is 0 Å². The van der Waals surface area contributed by atoms with Gasteiger partial charge in [0.1, 0.15) is 11.5 Å². The van der Waals surface area contributed by atoms with Gasteiger partial charge in [0, 0.05) is 19.4 Å². The summed E-state index contributed by atoms with van der Waals surface area (Å²) >= 11 is 0. The highest BCUT2D eigenvalue weighted by molar-refractivity contribution is 5.77. The molecule has 0 aliphatic carbocycles. The fourth-order valence-corrected chi connectivity index (χ4v) is 3.02. The van der Waals surface area contributed by atoms with Crippen molar-refractivity contribution in [3.63, 3.8) is 0 Å². The number of hydrogen-bond donors (Lipinski definition) is 0. The zero-order valence-corrected chi connectivity index (χ0v) is 12.3. The van der Waals surface area contributed by atoms with Gasteiger partial charge in [0.05, 0.1) is 18.6 Å². The smallest absolute Gasteiger partial charge is 0.223 e. The zero-order valence-electron chi connectivity index (χ0n) is 12.3. The highest BCUT2D eigenvalue weighted by Crippen LogP contribution is 2.34. The van der Waals surface area contributed by atoms with E-state index in [1.807, 2.05) is 29.2 Å². The third-order valence-electron chi connectivity index (χ3n) is 4.22. The third-order valence-corrected chi connectivity index (χ3v) is 4.22. The van der Waals surface area contributed by atoms with Gasteiger partial charge in [0.25, 0.3) is 0 Å². The molecule has 21 heavy (non-hydrogen) atoms. The van der Waals surface area contributed by atoms with Gasteiger partial charge in [0.15, 0.2) is 0 Å². The van der Waals surface area contributed by atoms with Gasteiger partial charge >= 0.3 is 0 Å². The third kappa shape index (κ3) is 3.20. The Morgan fingerprint density at radius 1 is 1.29 bits per heavy atom. The molecule has 4 heteroatoms. The van der Waals surface area contributed by atoms with Crippen LogP contribution in [0.4, 0.5) is 0 Å². The molecule has 0 unspecified atom stereocenters. The summed E-state index contributed by atoms with van der Waals surface area (Å²) in [7, 11) is 0. The minimum absolute atomic E-state index is 0.0767. The molecule has 1 saturated heterocycles. The maximum Gasteiger partial charge on any atom is 0.223 e. The fraction of sp³-hybridized carbons (Fsp3) is 0.471.